The second kappa shape index (κ2) is 4.62. The molecule has 0 aromatic carbocycles. The van der Waals surface area contributed by atoms with Gasteiger partial charge in [0.15, 0.2) is 0 Å². The standard InChI is InChI=1S/C16H24O3/c1-4-11-5-6-16(3,7-11)19-15(17)10(2)14-12-8-18-9-13(12)14/h11-14H,2,4-9H2,1,3H3. The molecule has 0 bridgehead atoms. The lowest BCUT2D eigenvalue weighted by Gasteiger charge is -2.25. The molecule has 0 radical (unpaired) electrons. The summed E-state index contributed by atoms with van der Waals surface area (Å²) in [6, 6.07) is 0. The van der Waals surface area contributed by atoms with E-state index >= 15 is 0 Å². The van der Waals surface area contributed by atoms with Crippen LogP contribution in [-0.2, 0) is 14.3 Å². The zero-order chi connectivity index (χ0) is 13.6. The number of fused-ring (bicyclic) bond motifs is 1. The largest absolute Gasteiger partial charge is 0.456 e. The Hall–Kier alpha value is -0.830. The van der Waals surface area contributed by atoms with Crippen molar-refractivity contribution in [3.8, 4) is 0 Å². The number of carbonyl (C=O) groups is 1. The van der Waals surface area contributed by atoms with Gasteiger partial charge in [-0.3, -0.25) is 0 Å². The Kier molecular flexibility index (Phi) is 3.20. The first kappa shape index (κ1) is 13.2. The van der Waals surface area contributed by atoms with Crippen molar-refractivity contribution in [2.75, 3.05) is 13.2 Å². The molecule has 4 atom stereocenters. The Bertz CT molecular complexity index is 393. The molecule has 0 aromatic heterocycles. The second-order valence-corrected chi connectivity index (χ2v) is 6.77. The van der Waals surface area contributed by atoms with Gasteiger partial charge in [-0.15, -0.1) is 0 Å². The number of ether oxygens (including phenoxy) is 2. The molecule has 106 valence electrons. The summed E-state index contributed by atoms with van der Waals surface area (Å²) in [5, 5.41) is 0. The van der Waals surface area contributed by atoms with Crippen molar-refractivity contribution >= 4 is 5.97 Å². The van der Waals surface area contributed by atoms with Gasteiger partial charge in [0.1, 0.15) is 5.60 Å². The quantitative estimate of drug-likeness (QED) is 0.578. The van der Waals surface area contributed by atoms with Crippen LogP contribution in [0.15, 0.2) is 12.2 Å². The number of rotatable bonds is 4. The van der Waals surface area contributed by atoms with Crippen molar-refractivity contribution in [1.82, 2.24) is 0 Å². The summed E-state index contributed by atoms with van der Waals surface area (Å²) in [7, 11) is 0. The first-order valence-corrected chi connectivity index (χ1v) is 7.54. The molecule has 2 saturated carbocycles. The van der Waals surface area contributed by atoms with Crippen LogP contribution in [0.1, 0.15) is 39.5 Å². The Labute approximate surface area is 115 Å². The van der Waals surface area contributed by atoms with Gasteiger partial charge in [-0.1, -0.05) is 19.9 Å². The molecule has 4 unspecified atom stereocenters. The van der Waals surface area contributed by atoms with Gasteiger partial charge in [0, 0.05) is 11.5 Å². The monoisotopic (exact) mass is 264 g/mol. The normalized spacial score (nSPS) is 43.9. The van der Waals surface area contributed by atoms with Gasteiger partial charge in [-0.05, 0) is 43.9 Å². The fraction of sp³-hybridized carbons (Fsp3) is 0.812. The Morgan fingerprint density at radius 3 is 2.68 bits per heavy atom. The molecule has 1 heterocycles. The van der Waals surface area contributed by atoms with Gasteiger partial charge < -0.3 is 9.47 Å². The minimum Gasteiger partial charge on any atom is -0.456 e. The Balaban J connectivity index is 1.55. The molecule has 3 fully saturated rings. The van der Waals surface area contributed by atoms with Crippen LogP contribution in [0.3, 0.4) is 0 Å². The topological polar surface area (TPSA) is 35.5 Å². The summed E-state index contributed by atoms with van der Waals surface area (Å²) in [6.07, 6.45) is 4.35. The molecule has 1 saturated heterocycles. The van der Waals surface area contributed by atoms with Gasteiger partial charge in [0.2, 0.25) is 0 Å². The third kappa shape index (κ3) is 2.33. The number of carbonyl (C=O) groups excluding carboxylic acids is 1. The molecular weight excluding hydrogens is 240 g/mol. The SMILES string of the molecule is C=C(C(=O)OC1(C)CCC(CC)C1)C1C2COCC21. The molecule has 3 rings (SSSR count). The average Bonchev–Trinajstić information content (AvgIpc) is 2.76. The molecule has 0 aromatic rings. The minimum atomic E-state index is -0.263. The van der Waals surface area contributed by atoms with Crippen LogP contribution in [0, 0.1) is 23.7 Å². The molecule has 19 heavy (non-hydrogen) atoms. The minimum absolute atomic E-state index is 0.168. The highest BCUT2D eigenvalue weighted by Gasteiger charge is 2.57. The van der Waals surface area contributed by atoms with Crippen molar-refractivity contribution in [3.63, 3.8) is 0 Å². The van der Waals surface area contributed by atoms with Gasteiger partial charge in [0.25, 0.3) is 0 Å². The van der Waals surface area contributed by atoms with Crippen LogP contribution in [0.25, 0.3) is 0 Å². The Morgan fingerprint density at radius 2 is 2.11 bits per heavy atom. The Morgan fingerprint density at radius 1 is 1.42 bits per heavy atom. The van der Waals surface area contributed by atoms with E-state index < -0.39 is 0 Å². The lowest BCUT2D eigenvalue weighted by atomic mass is 10.0. The van der Waals surface area contributed by atoms with Gasteiger partial charge in [0.05, 0.1) is 13.2 Å². The van der Waals surface area contributed by atoms with E-state index in [1.54, 1.807) is 0 Å². The summed E-state index contributed by atoms with van der Waals surface area (Å²) >= 11 is 0. The maximum Gasteiger partial charge on any atom is 0.334 e. The number of hydrogen-bond donors (Lipinski definition) is 0. The first-order valence-electron chi connectivity index (χ1n) is 7.54. The van der Waals surface area contributed by atoms with Gasteiger partial charge in [-0.2, -0.15) is 0 Å². The molecule has 0 amide bonds. The molecule has 1 aliphatic heterocycles. The molecular formula is C16H24O3. The molecule has 3 heteroatoms. The highest BCUT2D eigenvalue weighted by Crippen LogP contribution is 2.54. The van der Waals surface area contributed by atoms with Crippen molar-refractivity contribution < 1.29 is 14.3 Å². The van der Waals surface area contributed by atoms with E-state index in [-0.39, 0.29) is 11.6 Å². The molecule has 0 spiro atoms. The maximum atomic E-state index is 12.2. The van der Waals surface area contributed by atoms with Crippen LogP contribution >= 0.6 is 0 Å². The lowest BCUT2D eigenvalue weighted by Crippen LogP contribution is -2.30. The average molecular weight is 264 g/mol. The van der Waals surface area contributed by atoms with Crippen LogP contribution in [-0.4, -0.2) is 24.8 Å². The first-order chi connectivity index (χ1) is 9.04. The predicted molar refractivity (Wildman–Crippen MR) is 72.6 cm³/mol. The van der Waals surface area contributed by atoms with Crippen molar-refractivity contribution in [3.05, 3.63) is 12.2 Å². The second-order valence-electron chi connectivity index (χ2n) is 6.77. The summed E-state index contributed by atoms with van der Waals surface area (Å²) in [5.74, 6) is 1.92. The zero-order valence-corrected chi connectivity index (χ0v) is 12.0. The summed E-state index contributed by atoms with van der Waals surface area (Å²) < 4.78 is 11.1. The summed E-state index contributed by atoms with van der Waals surface area (Å²) in [6.45, 7) is 9.84. The molecule has 2 aliphatic carbocycles. The predicted octanol–water partition coefficient (Wildman–Crippen LogP) is 2.95. The number of esters is 1. The van der Waals surface area contributed by atoms with Crippen molar-refractivity contribution in [1.29, 1.82) is 0 Å². The van der Waals surface area contributed by atoms with E-state index in [0.29, 0.717) is 29.2 Å². The van der Waals surface area contributed by atoms with Gasteiger partial charge >= 0.3 is 5.97 Å². The van der Waals surface area contributed by atoms with Crippen LogP contribution < -0.4 is 0 Å². The van der Waals surface area contributed by atoms with Crippen molar-refractivity contribution in [2.45, 2.75) is 45.1 Å². The fourth-order valence-electron chi connectivity index (χ4n) is 3.95. The van der Waals surface area contributed by atoms with Crippen LogP contribution in [0.5, 0.6) is 0 Å². The number of hydrogen-bond acceptors (Lipinski definition) is 3. The molecule has 3 aliphatic rings. The summed E-state index contributed by atoms with van der Waals surface area (Å²) in [5.41, 5.74) is 0.417. The molecule has 0 N–H and O–H groups in total. The zero-order valence-electron chi connectivity index (χ0n) is 12.0. The van der Waals surface area contributed by atoms with E-state index in [9.17, 15) is 4.79 Å². The van der Waals surface area contributed by atoms with E-state index in [1.807, 2.05) is 0 Å². The highest BCUT2D eigenvalue weighted by molar-refractivity contribution is 5.89. The fourth-order valence-corrected chi connectivity index (χ4v) is 3.95. The highest BCUT2D eigenvalue weighted by atomic mass is 16.6. The van der Waals surface area contributed by atoms with Gasteiger partial charge in [-0.25, -0.2) is 4.79 Å². The third-order valence-corrected chi connectivity index (χ3v) is 5.34. The summed E-state index contributed by atoms with van der Waals surface area (Å²) in [4.78, 5) is 12.2. The van der Waals surface area contributed by atoms with E-state index in [1.165, 1.54) is 12.8 Å². The lowest BCUT2D eigenvalue weighted by molar-refractivity contribution is -0.153. The van der Waals surface area contributed by atoms with E-state index in [0.717, 1.165) is 26.1 Å². The van der Waals surface area contributed by atoms with Crippen LogP contribution in [0.4, 0.5) is 0 Å². The third-order valence-electron chi connectivity index (χ3n) is 5.34. The van der Waals surface area contributed by atoms with Crippen molar-refractivity contribution in [2.24, 2.45) is 23.7 Å². The smallest absolute Gasteiger partial charge is 0.334 e. The van der Waals surface area contributed by atoms with E-state index in [2.05, 4.69) is 20.4 Å². The molecule has 3 nitrogen and oxygen atoms in total. The van der Waals surface area contributed by atoms with E-state index in [4.69, 9.17) is 9.47 Å². The maximum absolute atomic E-state index is 12.2. The van der Waals surface area contributed by atoms with Crippen LogP contribution in [0.2, 0.25) is 0 Å².